The molecular weight excluding hydrogens is 522 g/mol. The van der Waals surface area contributed by atoms with Crippen molar-refractivity contribution in [3.05, 3.63) is 40.3 Å². The highest BCUT2D eigenvalue weighted by Crippen LogP contribution is 2.47. The molecule has 10 heteroatoms. The molecule has 2 aromatic rings. The molecule has 1 aromatic heterocycles. The summed E-state index contributed by atoms with van der Waals surface area (Å²) in [4.78, 5) is 50.7. The molecule has 41 heavy (non-hydrogen) atoms. The van der Waals surface area contributed by atoms with Gasteiger partial charge in [-0.25, -0.2) is 9.78 Å². The van der Waals surface area contributed by atoms with Crippen molar-refractivity contribution in [2.45, 2.75) is 114 Å². The number of carboxylic acids is 1. The first-order valence-electron chi connectivity index (χ1n) is 15.2. The molecule has 2 saturated heterocycles. The van der Waals surface area contributed by atoms with Crippen LogP contribution in [0.1, 0.15) is 96.2 Å². The fraction of sp³-hybridized carbons (Fsp3) is 0.645. The van der Waals surface area contributed by atoms with Gasteiger partial charge in [0.05, 0.1) is 11.0 Å². The number of carbonyl (C=O) groups is 2. The Kier molecular flexibility index (Phi) is 7.38. The number of nitrogens with zero attached hydrogens (tertiary/aromatic N) is 4. The Balaban J connectivity index is 1.37. The molecule has 2 aliphatic heterocycles. The maximum absolute atomic E-state index is 14.1. The Bertz CT molecular complexity index is 1410. The van der Waals surface area contributed by atoms with Gasteiger partial charge in [-0.05, 0) is 82.8 Å². The molecule has 3 unspecified atom stereocenters. The van der Waals surface area contributed by atoms with Crippen molar-refractivity contribution in [3.63, 3.8) is 0 Å². The van der Waals surface area contributed by atoms with Crippen LogP contribution in [0.3, 0.4) is 0 Å². The van der Waals surface area contributed by atoms with Crippen LogP contribution >= 0.6 is 0 Å². The lowest BCUT2D eigenvalue weighted by molar-refractivity contribution is -0.161. The van der Waals surface area contributed by atoms with Gasteiger partial charge in [-0.15, -0.1) is 0 Å². The van der Waals surface area contributed by atoms with E-state index in [1.54, 1.807) is 10.6 Å². The number of fused-ring (bicyclic) bond motifs is 5. The van der Waals surface area contributed by atoms with E-state index in [9.17, 15) is 19.5 Å². The lowest BCUT2D eigenvalue weighted by Crippen LogP contribution is -2.58. The Labute approximate surface area is 239 Å². The predicted octanol–water partition coefficient (Wildman–Crippen LogP) is 3.99. The number of piperidine rings is 2. The van der Waals surface area contributed by atoms with Crippen molar-refractivity contribution in [2.24, 2.45) is 22.7 Å². The first kappa shape index (κ1) is 27.9. The Morgan fingerprint density at radius 2 is 1.59 bits per heavy atom. The lowest BCUT2D eigenvalue weighted by atomic mass is 9.68. The normalized spacial score (nSPS) is 30.6. The standard InChI is InChI=1S/C31H41N5O5/c1-31(2,30(39)40)41-34-26(28(32)37)27-29(38)36(25-12-4-3-11-24(25)33-27)23-16-20-9-6-10-21(17-23)35(20)22-14-18-7-5-8-19(13-18)15-22/h3-4,11-12,18-23H,5-10,13-17H2,1-2H3,(H2,32,37)(H,39,40)/t18?,19?,20-,21+,22?,23?. The average molecular weight is 564 g/mol. The molecular formula is C31H41N5O5. The van der Waals surface area contributed by atoms with E-state index >= 15 is 0 Å². The van der Waals surface area contributed by atoms with E-state index in [1.165, 1.54) is 58.8 Å². The molecule has 4 bridgehead atoms. The van der Waals surface area contributed by atoms with Crippen molar-refractivity contribution in [1.82, 2.24) is 14.5 Å². The number of benzene rings is 1. The summed E-state index contributed by atoms with van der Waals surface area (Å²) in [6.07, 6.45) is 13.4. The molecule has 4 fully saturated rings. The number of carboxylic acid groups (broad SMARTS) is 1. The van der Waals surface area contributed by atoms with Crippen molar-refractivity contribution in [3.8, 4) is 0 Å². The molecule has 4 aliphatic rings. The number of rotatable bonds is 7. The summed E-state index contributed by atoms with van der Waals surface area (Å²) in [6, 6.07) is 8.82. The summed E-state index contributed by atoms with van der Waals surface area (Å²) in [5.74, 6) is -0.554. The fourth-order valence-electron chi connectivity index (χ4n) is 8.21. The van der Waals surface area contributed by atoms with Crippen LogP contribution < -0.4 is 11.3 Å². The number of hydrogen-bond acceptors (Lipinski definition) is 7. The number of hydrogen-bond donors (Lipinski definition) is 2. The van der Waals surface area contributed by atoms with Crippen LogP contribution in [0.5, 0.6) is 0 Å². The van der Waals surface area contributed by atoms with E-state index in [4.69, 9.17) is 10.6 Å². The number of aromatic nitrogens is 2. The molecule has 2 aliphatic carbocycles. The summed E-state index contributed by atoms with van der Waals surface area (Å²) in [7, 11) is 0. The van der Waals surface area contributed by atoms with Gasteiger partial charge < -0.3 is 20.2 Å². The van der Waals surface area contributed by atoms with Crippen LogP contribution in [-0.2, 0) is 14.4 Å². The minimum atomic E-state index is -1.72. The number of primary amides is 1. The summed E-state index contributed by atoms with van der Waals surface area (Å²) in [6.45, 7) is 2.60. The Hall–Kier alpha value is -3.27. The van der Waals surface area contributed by atoms with Gasteiger partial charge in [0, 0.05) is 24.2 Å². The Morgan fingerprint density at radius 1 is 0.951 bits per heavy atom. The molecule has 2 saturated carbocycles. The second-order valence-corrected chi connectivity index (χ2v) is 13.2. The average Bonchev–Trinajstić information content (AvgIpc) is 2.92. The summed E-state index contributed by atoms with van der Waals surface area (Å²) in [5, 5.41) is 13.2. The topological polar surface area (TPSA) is 140 Å². The van der Waals surface area contributed by atoms with E-state index in [0.29, 0.717) is 29.2 Å². The minimum Gasteiger partial charge on any atom is -0.478 e. The molecule has 1 aromatic carbocycles. The molecule has 0 spiro atoms. The van der Waals surface area contributed by atoms with Crippen LogP contribution in [0.2, 0.25) is 0 Å². The lowest BCUT2D eigenvalue weighted by Gasteiger charge is -2.55. The summed E-state index contributed by atoms with van der Waals surface area (Å²) in [5.41, 5.74) is 4.01. The molecule has 3 N–H and O–H groups in total. The van der Waals surface area contributed by atoms with Gasteiger partial charge in [0.25, 0.3) is 11.5 Å². The molecule has 0 radical (unpaired) electrons. The monoisotopic (exact) mass is 563 g/mol. The van der Waals surface area contributed by atoms with Crippen molar-refractivity contribution in [2.75, 3.05) is 0 Å². The first-order chi connectivity index (χ1) is 19.6. The van der Waals surface area contributed by atoms with Gasteiger partial charge in [-0.2, -0.15) is 0 Å². The van der Waals surface area contributed by atoms with Gasteiger partial charge in [0.1, 0.15) is 0 Å². The molecule has 5 atom stereocenters. The predicted molar refractivity (Wildman–Crippen MR) is 155 cm³/mol. The number of carbonyl (C=O) groups excluding carboxylic acids is 1. The van der Waals surface area contributed by atoms with Crippen molar-refractivity contribution < 1.29 is 19.5 Å². The zero-order valence-electron chi connectivity index (χ0n) is 24.0. The van der Waals surface area contributed by atoms with Crippen LogP contribution in [0.15, 0.2) is 34.2 Å². The van der Waals surface area contributed by atoms with E-state index in [-0.39, 0.29) is 11.7 Å². The SMILES string of the molecule is CC(C)(ON=C(C(N)=O)c1nc2ccccc2n(C2C[C@H]3CCC[C@@H](C2)N3C2CC3CCCC(C3)C2)c1=O)C(=O)O. The van der Waals surface area contributed by atoms with Gasteiger partial charge in [-0.3, -0.25) is 14.5 Å². The maximum atomic E-state index is 14.1. The molecule has 10 nitrogen and oxygen atoms in total. The molecule has 6 rings (SSSR count). The number of para-hydroxylation sites is 2. The second-order valence-electron chi connectivity index (χ2n) is 13.2. The molecule has 1 amide bonds. The maximum Gasteiger partial charge on any atom is 0.350 e. The van der Waals surface area contributed by atoms with Gasteiger partial charge in [0.2, 0.25) is 5.60 Å². The van der Waals surface area contributed by atoms with E-state index < -0.39 is 28.7 Å². The third-order valence-electron chi connectivity index (χ3n) is 10.0. The van der Waals surface area contributed by atoms with E-state index in [1.807, 2.05) is 18.2 Å². The number of aliphatic carboxylic acids is 1. The Morgan fingerprint density at radius 3 is 2.22 bits per heavy atom. The molecule has 220 valence electrons. The highest BCUT2D eigenvalue weighted by Gasteiger charge is 2.45. The summed E-state index contributed by atoms with van der Waals surface area (Å²) >= 11 is 0. The third-order valence-corrected chi connectivity index (χ3v) is 10.0. The highest BCUT2D eigenvalue weighted by molar-refractivity contribution is 6.44. The first-order valence-corrected chi connectivity index (χ1v) is 15.2. The smallest absolute Gasteiger partial charge is 0.350 e. The molecule has 3 heterocycles. The van der Waals surface area contributed by atoms with Gasteiger partial charge in [-0.1, -0.05) is 43.0 Å². The second kappa shape index (κ2) is 10.9. The van der Waals surface area contributed by atoms with Crippen LogP contribution in [-0.4, -0.2) is 60.9 Å². The van der Waals surface area contributed by atoms with E-state index in [0.717, 1.165) is 37.5 Å². The number of nitrogens with two attached hydrogens (primary N) is 1. The van der Waals surface area contributed by atoms with Crippen LogP contribution in [0.4, 0.5) is 0 Å². The van der Waals surface area contributed by atoms with Crippen LogP contribution in [0.25, 0.3) is 11.0 Å². The van der Waals surface area contributed by atoms with Crippen LogP contribution in [0, 0.1) is 11.8 Å². The third kappa shape index (κ3) is 5.27. The zero-order valence-corrected chi connectivity index (χ0v) is 24.0. The minimum absolute atomic E-state index is 0.0608. The number of oxime groups is 1. The van der Waals surface area contributed by atoms with Crippen molar-refractivity contribution >= 4 is 28.6 Å². The summed E-state index contributed by atoms with van der Waals surface area (Å²) < 4.78 is 1.79. The quantitative estimate of drug-likeness (QED) is 0.383. The van der Waals surface area contributed by atoms with E-state index in [2.05, 4.69) is 15.0 Å². The van der Waals surface area contributed by atoms with Crippen molar-refractivity contribution in [1.29, 1.82) is 0 Å². The zero-order chi connectivity index (χ0) is 28.9. The highest BCUT2D eigenvalue weighted by atomic mass is 16.7. The van der Waals surface area contributed by atoms with Gasteiger partial charge in [0.15, 0.2) is 11.4 Å². The van der Waals surface area contributed by atoms with Gasteiger partial charge >= 0.3 is 5.97 Å². The fourth-order valence-corrected chi connectivity index (χ4v) is 8.21. The number of amides is 1. The largest absolute Gasteiger partial charge is 0.478 e.